The summed E-state index contributed by atoms with van der Waals surface area (Å²) in [6.07, 6.45) is 3.56. The molecule has 9 heteroatoms. The molecule has 4 rings (SSSR count). The Kier molecular flexibility index (Phi) is 8.22. The van der Waals surface area contributed by atoms with Crippen LogP contribution < -0.4 is 24.4 Å². The third-order valence-electron chi connectivity index (χ3n) is 6.07. The van der Waals surface area contributed by atoms with E-state index in [0.29, 0.717) is 53.1 Å². The van der Waals surface area contributed by atoms with Crippen LogP contribution in [0.1, 0.15) is 28.8 Å². The summed E-state index contributed by atoms with van der Waals surface area (Å²) in [5.41, 5.74) is 2.16. The second-order valence-electron chi connectivity index (χ2n) is 8.53. The van der Waals surface area contributed by atoms with Crippen LogP contribution >= 0.6 is 0 Å². The van der Waals surface area contributed by atoms with Gasteiger partial charge in [-0.25, -0.2) is 9.97 Å². The predicted octanol–water partition coefficient (Wildman–Crippen LogP) is 3.71. The van der Waals surface area contributed by atoms with E-state index in [1.54, 1.807) is 39.7 Å². The van der Waals surface area contributed by atoms with Gasteiger partial charge in [-0.3, -0.25) is 4.79 Å². The molecule has 1 unspecified atom stereocenters. The summed E-state index contributed by atoms with van der Waals surface area (Å²) in [5.74, 6) is 2.18. The summed E-state index contributed by atoms with van der Waals surface area (Å²) in [5, 5.41) is 2.98. The van der Waals surface area contributed by atoms with Gasteiger partial charge in [-0.05, 0) is 30.5 Å². The van der Waals surface area contributed by atoms with Gasteiger partial charge in [0.2, 0.25) is 5.75 Å². The van der Waals surface area contributed by atoms with Gasteiger partial charge in [0.1, 0.15) is 11.4 Å². The van der Waals surface area contributed by atoms with Gasteiger partial charge in [-0.2, -0.15) is 0 Å². The smallest absolute Gasteiger partial charge is 0.256 e. The largest absolute Gasteiger partial charge is 0.493 e. The van der Waals surface area contributed by atoms with E-state index in [2.05, 4.69) is 10.3 Å². The molecule has 1 atom stereocenters. The summed E-state index contributed by atoms with van der Waals surface area (Å²) >= 11 is 0. The van der Waals surface area contributed by atoms with E-state index in [4.69, 9.17) is 23.9 Å². The number of hydrogen-bond acceptors (Lipinski definition) is 8. The van der Waals surface area contributed by atoms with Crippen molar-refractivity contribution in [1.82, 2.24) is 15.3 Å². The molecule has 2 aromatic carbocycles. The molecular weight excluding hydrogens is 460 g/mol. The van der Waals surface area contributed by atoms with Crippen molar-refractivity contribution < 1.29 is 23.7 Å². The van der Waals surface area contributed by atoms with Crippen LogP contribution in [0.25, 0.3) is 11.4 Å². The molecule has 0 radical (unpaired) electrons. The first-order chi connectivity index (χ1) is 17.5. The zero-order valence-electron chi connectivity index (χ0n) is 21.1. The van der Waals surface area contributed by atoms with Gasteiger partial charge in [0.25, 0.3) is 5.91 Å². The molecule has 1 aliphatic heterocycles. The van der Waals surface area contributed by atoms with Crippen LogP contribution in [-0.4, -0.2) is 63.5 Å². The highest BCUT2D eigenvalue weighted by Crippen LogP contribution is 2.40. The van der Waals surface area contributed by atoms with Crippen molar-refractivity contribution in [1.29, 1.82) is 0 Å². The van der Waals surface area contributed by atoms with Crippen LogP contribution in [0.3, 0.4) is 0 Å². The summed E-state index contributed by atoms with van der Waals surface area (Å²) in [6.45, 7) is 1.76. The molecule has 1 fully saturated rings. The van der Waals surface area contributed by atoms with Crippen molar-refractivity contribution >= 4 is 11.7 Å². The Morgan fingerprint density at radius 3 is 2.44 bits per heavy atom. The maximum absolute atomic E-state index is 13.2. The molecule has 1 aliphatic rings. The fraction of sp³-hybridized carbons (Fsp3) is 0.370. The number of benzene rings is 2. The van der Waals surface area contributed by atoms with Gasteiger partial charge in [0.05, 0.1) is 27.4 Å². The van der Waals surface area contributed by atoms with Gasteiger partial charge in [0.15, 0.2) is 17.3 Å². The molecule has 0 saturated carbocycles. The van der Waals surface area contributed by atoms with Gasteiger partial charge in [-0.15, -0.1) is 0 Å². The average Bonchev–Trinajstić information content (AvgIpc) is 3.44. The van der Waals surface area contributed by atoms with E-state index in [9.17, 15) is 4.79 Å². The fourth-order valence-electron chi connectivity index (χ4n) is 4.21. The SMILES string of the molecule is COc1cc(-c2ncc(C(=O)NCC3CCCO3)c(N(C)Cc3ccccc3)n2)cc(OC)c1OC. The zero-order chi connectivity index (χ0) is 25.5. The maximum Gasteiger partial charge on any atom is 0.256 e. The summed E-state index contributed by atoms with van der Waals surface area (Å²) in [4.78, 5) is 24.5. The van der Waals surface area contributed by atoms with E-state index >= 15 is 0 Å². The lowest BCUT2D eigenvalue weighted by molar-refractivity contribution is 0.0857. The molecule has 190 valence electrons. The Hall–Kier alpha value is -3.85. The number of aromatic nitrogens is 2. The number of nitrogens with one attached hydrogen (secondary N) is 1. The van der Waals surface area contributed by atoms with Crippen LogP contribution in [0.15, 0.2) is 48.7 Å². The van der Waals surface area contributed by atoms with Crippen LogP contribution in [-0.2, 0) is 11.3 Å². The van der Waals surface area contributed by atoms with Crippen molar-refractivity contribution in [2.45, 2.75) is 25.5 Å². The van der Waals surface area contributed by atoms with E-state index in [1.165, 1.54) is 0 Å². The van der Waals surface area contributed by atoms with E-state index in [0.717, 1.165) is 25.0 Å². The highest BCUT2D eigenvalue weighted by Gasteiger charge is 2.23. The van der Waals surface area contributed by atoms with E-state index in [-0.39, 0.29) is 12.0 Å². The van der Waals surface area contributed by atoms with Crippen LogP contribution in [0.4, 0.5) is 5.82 Å². The molecular formula is C27H32N4O5. The standard InChI is InChI=1S/C27H32N4O5/c1-31(17-18-9-6-5-7-10-18)26-21(27(32)29-15-20-11-8-12-36-20)16-28-25(30-26)19-13-22(33-2)24(35-4)23(14-19)34-3/h5-7,9-10,13-14,16,20H,8,11-12,15,17H2,1-4H3,(H,29,32). The molecule has 0 aliphatic carbocycles. The normalized spacial score (nSPS) is 14.8. The number of anilines is 1. The maximum atomic E-state index is 13.2. The lowest BCUT2D eigenvalue weighted by Gasteiger charge is -2.22. The molecule has 0 bridgehead atoms. The van der Waals surface area contributed by atoms with Gasteiger partial charge in [-0.1, -0.05) is 30.3 Å². The highest BCUT2D eigenvalue weighted by atomic mass is 16.5. The number of rotatable bonds is 10. The minimum atomic E-state index is -0.239. The topological polar surface area (TPSA) is 95.0 Å². The van der Waals surface area contributed by atoms with E-state index in [1.807, 2.05) is 42.3 Å². The Bertz CT molecular complexity index is 1160. The third kappa shape index (κ3) is 5.68. The first-order valence-electron chi connectivity index (χ1n) is 11.9. The Morgan fingerprint density at radius 2 is 1.83 bits per heavy atom. The van der Waals surface area contributed by atoms with Crippen molar-refractivity contribution in [3.05, 3.63) is 59.8 Å². The number of nitrogens with zero attached hydrogens (tertiary/aromatic N) is 3. The number of methoxy groups -OCH3 is 3. The minimum Gasteiger partial charge on any atom is -0.493 e. The number of amides is 1. The monoisotopic (exact) mass is 492 g/mol. The van der Waals surface area contributed by atoms with Crippen molar-refractivity contribution in [3.8, 4) is 28.6 Å². The molecule has 0 spiro atoms. The Labute approximate surface area is 211 Å². The first kappa shape index (κ1) is 25.2. The highest BCUT2D eigenvalue weighted by molar-refractivity contribution is 5.99. The second-order valence-corrected chi connectivity index (χ2v) is 8.53. The Balaban J connectivity index is 1.70. The van der Waals surface area contributed by atoms with Gasteiger partial charge in [0, 0.05) is 38.5 Å². The predicted molar refractivity (Wildman–Crippen MR) is 137 cm³/mol. The zero-order valence-corrected chi connectivity index (χ0v) is 21.1. The molecule has 2 heterocycles. The van der Waals surface area contributed by atoms with Crippen molar-refractivity contribution in [3.63, 3.8) is 0 Å². The van der Waals surface area contributed by atoms with Crippen LogP contribution in [0, 0.1) is 0 Å². The van der Waals surface area contributed by atoms with Crippen LogP contribution in [0.5, 0.6) is 17.2 Å². The van der Waals surface area contributed by atoms with Gasteiger partial charge < -0.3 is 29.2 Å². The second kappa shape index (κ2) is 11.7. The van der Waals surface area contributed by atoms with Crippen molar-refractivity contribution in [2.24, 2.45) is 0 Å². The quantitative estimate of drug-likeness (QED) is 0.458. The molecule has 1 aromatic heterocycles. The molecule has 3 aromatic rings. The number of carbonyl (C=O) groups is 1. The molecule has 9 nitrogen and oxygen atoms in total. The molecule has 36 heavy (non-hydrogen) atoms. The van der Waals surface area contributed by atoms with Crippen molar-refractivity contribution in [2.75, 3.05) is 46.4 Å². The molecule has 1 saturated heterocycles. The lowest BCUT2D eigenvalue weighted by atomic mass is 10.1. The van der Waals surface area contributed by atoms with Gasteiger partial charge >= 0.3 is 0 Å². The summed E-state index contributed by atoms with van der Waals surface area (Å²) in [7, 11) is 6.58. The van der Waals surface area contributed by atoms with Crippen LogP contribution in [0.2, 0.25) is 0 Å². The number of hydrogen-bond donors (Lipinski definition) is 1. The first-order valence-corrected chi connectivity index (χ1v) is 11.9. The molecule has 1 N–H and O–H groups in total. The Morgan fingerprint density at radius 1 is 1.11 bits per heavy atom. The molecule has 1 amide bonds. The average molecular weight is 493 g/mol. The fourth-order valence-corrected chi connectivity index (χ4v) is 4.21. The van der Waals surface area contributed by atoms with E-state index < -0.39 is 0 Å². The lowest BCUT2D eigenvalue weighted by Crippen LogP contribution is -2.33. The third-order valence-corrected chi connectivity index (χ3v) is 6.07. The summed E-state index contributed by atoms with van der Waals surface area (Å²) in [6, 6.07) is 13.6. The number of ether oxygens (including phenoxy) is 4. The summed E-state index contributed by atoms with van der Waals surface area (Å²) < 4.78 is 22.1. The minimum absolute atomic E-state index is 0.0406. The number of carbonyl (C=O) groups excluding carboxylic acids is 1.